The largest absolute Gasteiger partial charge is 0.481 e. The van der Waals surface area contributed by atoms with Gasteiger partial charge in [0.15, 0.2) is 0 Å². The highest BCUT2D eigenvalue weighted by atomic mass is 16.5. The number of aromatic nitrogens is 1. The lowest BCUT2D eigenvalue weighted by atomic mass is 10.1. The molecule has 1 saturated heterocycles. The minimum atomic E-state index is 0.130. The van der Waals surface area contributed by atoms with Crippen molar-refractivity contribution >= 4 is 11.6 Å². The van der Waals surface area contributed by atoms with Gasteiger partial charge in [0.1, 0.15) is 0 Å². The number of ether oxygens (including phenoxy) is 1. The molecular weight excluding hydrogens is 206 g/mol. The molecular formula is C11H15N3O2. The molecule has 16 heavy (non-hydrogen) atoms. The maximum Gasteiger partial charge on any atom is 0.220 e. The number of rotatable bonds is 3. The number of hydrogen-bond donors (Lipinski definition) is 2. The number of pyridine rings is 1. The summed E-state index contributed by atoms with van der Waals surface area (Å²) in [5, 5.41) is 6.17. The van der Waals surface area contributed by atoms with Crippen molar-refractivity contribution in [2.75, 3.05) is 19.0 Å². The molecule has 1 fully saturated rings. The summed E-state index contributed by atoms with van der Waals surface area (Å²) in [6, 6.07) is 4.01. The van der Waals surface area contributed by atoms with E-state index < -0.39 is 0 Å². The monoisotopic (exact) mass is 221 g/mol. The predicted octanol–water partition coefficient (Wildman–Crippen LogP) is 0.781. The Morgan fingerprint density at radius 1 is 1.62 bits per heavy atom. The van der Waals surface area contributed by atoms with E-state index in [0.717, 1.165) is 12.1 Å². The van der Waals surface area contributed by atoms with Crippen LogP contribution in [-0.4, -0.2) is 30.6 Å². The molecule has 0 aromatic carbocycles. The van der Waals surface area contributed by atoms with Crippen molar-refractivity contribution in [3.63, 3.8) is 0 Å². The minimum Gasteiger partial charge on any atom is -0.481 e. The molecule has 2 rings (SSSR count). The van der Waals surface area contributed by atoms with Crippen LogP contribution >= 0.6 is 0 Å². The van der Waals surface area contributed by atoms with Gasteiger partial charge >= 0.3 is 0 Å². The molecule has 1 aliphatic heterocycles. The van der Waals surface area contributed by atoms with Crippen LogP contribution in [0.1, 0.15) is 12.8 Å². The molecule has 0 radical (unpaired) electrons. The average molecular weight is 221 g/mol. The zero-order chi connectivity index (χ0) is 11.4. The lowest BCUT2D eigenvalue weighted by Gasteiger charge is -2.24. The van der Waals surface area contributed by atoms with Crippen LogP contribution in [0.2, 0.25) is 0 Å². The number of anilines is 1. The second-order valence-electron chi connectivity index (χ2n) is 3.77. The van der Waals surface area contributed by atoms with Gasteiger partial charge in [-0.3, -0.25) is 4.79 Å². The van der Waals surface area contributed by atoms with Crippen LogP contribution in [0.3, 0.4) is 0 Å². The Bertz CT molecular complexity index is 371. The summed E-state index contributed by atoms with van der Waals surface area (Å²) in [4.78, 5) is 15.0. The number of carbonyl (C=O) groups excluding carboxylic acids is 1. The van der Waals surface area contributed by atoms with Gasteiger partial charge in [-0.1, -0.05) is 0 Å². The van der Waals surface area contributed by atoms with Gasteiger partial charge in [-0.25, -0.2) is 4.98 Å². The summed E-state index contributed by atoms with van der Waals surface area (Å²) in [7, 11) is 1.59. The lowest BCUT2D eigenvalue weighted by molar-refractivity contribution is -0.122. The first-order valence-corrected chi connectivity index (χ1v) is 5.31. The number of methoxy groups -OCH3 is 1. The zero-order valence-electron chi connectivity index (χ0n) is 9.19. The molecule has 5 heteroatoms. The maximum atomic E-state index is 11.0. The van der Waals surface area contributed by atoms with E-state index in [4.69, 9.17) is 4.74 Å². The summed E-state index contributed by atoms with van der Waals surface area (Å²) >= 11 is 0. The highest BCUT2D eigenvalue weighted by molar-refractivity contribution is 5.77. The summed E-state index contributed by atoms with van der Waals surface area (Å²) in [5.74, 6) is 0.718. The maximum absolute atomic E-state index is 11.0. The second-order valence-corrected chi connectivity index (χ2v) is 3.77. The molecule has 1 unspecified atom stereocenters. The van der Waals surface area contributed by atoms with Crippen molar-refractivity contribution in [3.05, 3.63) is 18.3 Å². The van der Waals surface area contributed by atoms with Crippen molar-refractivity contribution in [1.82, 2.24) is 10.3 Å². The smallest absolute Gasteiger partial charge is 0.220 e. The molecule has 5 nitrogen and oxygen atoms in total. The number of piperidine rings is 1. The van der Waals surface area contributed by atoms with Crippen LogP contribution in [0, 0.1) is 0 Å². The molecule has 0 spiro atoms. The van der Waals surface area contributed by atoms with Gasteiger partial charge in [0.05, 0.1) is 7.11 Å². The number of nitrogens with zero attached hydrogens (tertiary/aromatic N) is 1. The normalized spacial score (nSPS) is 20.1. The third kappa shape index (κ3) is 2.62. The zero-order valence-corrected chi connectivity index (χ0v) is 9.19. The predicted molar refractivity (Wildman–Crippen MR) is 60.4 cm³/mol. The molecule has 1 aromatic rings. The highest BCUT2D eigenvalue weighted by Crippen LogP contribution is 2.16. The van der Waals surface area contributed by atoms with Crippen molar-refractivity contribution in [1.29, 1.82) is 0 Å². The van der Waals surface area contributed by atoms with E-state index >= 15 is 0 Å². The fourth-order valence-electron chi connectivity index (χ4n) is 1.70. The molecule has 0 bridgehead atoms. The quantitative estimate of drug-likeness (QED) is 0.791. The first-order chi connectivity index (χ1) is 7.78. The van der Waals surface area contributed by atoms with Gasteiger partial charge in [0.2, 0.25) is 11.8 Å². The van der Waals surface area contributed by atoms with E-state index in [2.05, 4.69) is 15.6 Å². The van der Waals surface area contributed by atoms with Crippen LogP contribution in [-0.2, 0) is 4.79 Å². The van der Waals surface area contributed by atoms with E-state index in [1.165, 1.54) is 0 Å². The summed E-state index contributed by atoms with van der Waals surface area (Å²) < 4.78 is 5.04. The first-order valence-electron chi connectivity index (χ1n) is 5.31. The Labute approximate surface area is 94.2 Å². The van der Waals surface area contributed by atoms with E-state index in [1.807, 2.05) is 12.1 Å². The standard InChI is InChI=1S/C11H15N3O2/c1-16-11-6-8(4-5-12-11)14-9-2-3-10(15)13-7-9/h4-6,9H,2-3,7H2,1H3,(H,12,14)(H,13,15). The van der Waals surface area contributed by atoms with Gasteiger partial charge in [-0.05, 0) is 12.5 Å². The Kier molecular flexibility index (Phi) is 3.24. The topological polar surface area (TPSA) is 63.2 Å². The van der Waals surface area contributed by atoms with E-state index in [0.29, 0.717) is 18.8 Å². The van der Waals surface area contributed by atoms with Crippen LogP contribution in [0.15, 0.2) is 18.3 Å². The highest BCUT2D eigenvalue weighted by Gasteiger charge is 2.17. The van der Waals surface area contributed by atoms with E-state index in [9.17, 15) is 4.79 Å². The number of hydrogen-bond acceptors (Lipinski definition) is 4. The van der Waals surface area contributed by atoms with E-state index in [-0.39, 0.29) is 11.9 Å². The number of amides is 1. The summed E-state index contributed by atoms with van der Waals surface area (Å²) in [5.41, 5.74) is 0.966. The van der Waals surface area contributed by atoms with Gasteiger partial charge < -0.3 is 15.4 Å². The average Bonchev–Trinajstić information content (AvgIpc) is 2.32. The van der Waals surface area contributed by atoms with Crippen molar-refractivity contribution in [3.8, 4) is 5.88 Å². The van der Waals surface area contributed by atoms with Gasteiger partial charge in [0, 0.05) is 37.0 Å². The summed E-state index contributed by atoms with van der Waals surface area (Å²) in [6.07, 6.45) is 3.14. The third-order valence-electron chi connectivity index (χ3n) is 2.58. The molecule has 1 aliphatic rings. The van der Waals surface area contributed by atoms with Crippen molar-refractivity contribution in [2.24, 2.45) is 0 Å². The molecule has 1 aromatic heterocycles. The van der Waals surface area contributed by atoms with E-state index in [1.54, 1.807) is 13.3 Å². The molecule has 0 aliphatic carbocycles. The SMILES string of the molecule is COc1cc(NC2CCC(=O)NC2)ccn1. The fraction of sp³-hybridized carbons (Fsp3) is 0.455. The minimum absolute atomic E-state index is 0.130. The Morgan fingerprint density at radius 3 is 3.19 bits per heavy atom. The molecule has 86 valence electrons. The summed E-state index contributed by atoms with van der Waals surface area (Å²) in [6.45, 7) is 0.670. The van der Waals surface area contributed by atoms with Crippen molar-refractivity contribution in [2.45, 2.75) is 18.9 Å². The van der Waals surface area contributed by atoms with Gasteiger partial charge in [0.25, 0.3) is 0 Å². The molecule has 0 saturated carbocycles. The Balaban J connectivity index is 1.95. The second kappa shape index (κ2) is 4.83. The van der Waals surface area contributed by atoms with Crippen LogP contribution < -0.4 is 15.4 Å². The van der Waals surface area contributed by atoms with Crippen LogP contribution in [0.25, 0.3) is 0 Å². The van der Waals surface area contributed by atoms with Gasteiger partial charge in [-0.2, -0.15) is 0 Å². The molecule has 2 N–H and O–H groups in total. The fourth-order valence-corrected chi connectivity index (χ4v) is 1.70. The Hall–Kier alpha value is -1.78. The van der Waals surface area contributed by atoms with Crippen molar-refractivity contribution < 1.29 is 9.53 Å². The lowest BCUT2D eigenvalue weighted by Crippen LogP contribution is -2.41. The molecule has 2 heterocycles. The van der Waals surface area contributed by atoms with Crippen LogP contribution in [0.5, 0.6) is 5.88 Å². The molecule has 1 amide bonds. The first kappa shape index (κ1) is 10.7. The van der Waals surface area contributed by atoms with Crippen LogP contribution in [0.4, 0.5) is 5.69 Å². The Morgan fingerprint density at radius 2 is 2.50 bits per heavy atom. The molecule has 1 atom stereocenters. The third-order valence-corrected chi connectivity index (χ3v) is 2.58. The number of nitrogens with one attached hydrogen (secondary N) is 2. The van der Waals surface area contributed by atoms with Gasteiger partial charge in [-0.15, -0.1) is 0 Å². The number of carbonyl (C=O) groups is 1.